The van der Waals surface area contributed by atoms with Gasteiger partial charge >= 0.3 is 0 Å². The Morgan fingerprint density at radius 3 is 2.73 bits per heavy atom. The molecule has 0 spiro atoms. The van der Waals surface area contributed by atoms with Gasteiger partial charge < -0.3 is 29.4 Å². The number of ether oxygens (including phenoxy) is 4. The Morgan fingerprint density at radius 2 is 2.00 bits per heavy atom. The van der Waals surface area contributed by atoms with Crippen LogP contribution in [0.3, 0.4) is 0 Å². The first-order valence-corrected chi connectivity index (χ1v) is 9.40. The van der Waals surface area contributed by atoms with Crippen LogP contribution in [-0.4, -0.2) is 49.5 Å². The Balaban J connectivity index is 1.49. The van der Waals surface area contributed by atoms with Crippen LogP contribution in [-0.2, 0) is 18.9 Å². The summed E-state index contributed by atoms with van der Waals surface area (Å²) >= 11 is 0. The van der Waals surface area contributed by atoms with E-state index in [1.165, 1.54) is 6.42 Å². The number of benzene rings is 1. The summed E-state index contributed by atoms with van der Waals surface area (Å²) in [5.74, 6) is 0. The van der Waals surface area contributed by atoms with Crippen LogP contribution in [0.5, 0.6) is 0 Å². The largest absolute Gasteiger partial charge is 0.388 e. The van der Waals surface area contributed by atoms with Crippen LogP contribution < -0.4 is 5.32 Å². The number of aliphatic hydroxyl groups excluding tert-OH is 1. The molecule has 1 unspecified atom stereocenters. The monoisotopic (exact) mass is 361 g/mol. The van der Waals surface area contributed by atoms with Crippen LogP contribution >= 0.6 is 0 Å². The zero-order chi connectivity index (χ0) is 17.9. The van der Waals surface area contributed by atoms with Gasteiger partial charge in [0, 0.05) is 18.4 Å². The van der Waals surface area contributed by atoms with Crippen molar-refractivity contribution in [3.05, 3.63) is 47.7 Å². The third-order valence-electron chi connectivity index (χ3n) is 5.31. The molecule has 142 valence electrons. The molecule has 2 saturated heterocycles. The van der Waals surface area contributed by atoms with Crippen LogP contribution in [0.1, 0.15) is 37.5 Å². The number of aliphatic hydroxyl groups is 1. The summed E-state index contributed by atoms with van der Waals surface area (Å²) in [7, 11) is 1.60. The van der Waals surface area contributed by atoms with Crippen molar-refractivity contribution in [1.29, 1.82) is 0 Å². The normalized spacial score (nSPS) is 37.5. The van der Waals surface area contributed by atoms with E-state index < -0.39 is 24.8 Å². The van der Waals surface area contributed by atoms with Crippen LogP contribution in [0.4, 0.5) is 0 Å². The van der Waals surface area contributed by atoms with E-state index in [9.17, 15) is 5.11 Å². The van der Waals surface area contributed by atoms with E-state index >= 15 is 0 Å². The average molecular weight is 361 g/mol. The summed E-state index contributed by atoms with van der Waals surface area (Å²) in [5.41, 5.74) is 2.09. The topological polar surface area (TPSA) is 69.2 Å². The van der Waals surface area contributed by atoms with E-state index in [4.69, 9.17) is 18.9 Å². The second-order valence-corrected chi connectivity index (χ2v) is 7.09. The maximum atomic E-state index is 11.0. The van der Waals surface area contributed by atoms with Crippen LogP contribution in [0, 0.1) is 0 Å². The summed E-state index contributed by atoms with van der Waals surface area (Å²) in [6, 6.07) is 9.39. The first-order valence-electron chi connectivity index (χ1n) is 9.40. The van der Waals surface area contributed by atoms with Gasteiger partial charge in [-0.15, -0.1) is 0 Å². The molecule has 1 aromatic carbocycles. The number of hydrogen-bond acceptors (Lipinski definition) is 6. The smallest absolute Gasteiger partial charge is 0.184 e. The van der Waals surface area contributed by atoms with E-state index in [2.05, 4.69) is 11.4 Å². The highest BCUT2D eigenvalue weighted by Gasteiger charge is 2.49. The first kappa shape index (κ1) is 17.9. The predicted octanol–water partition coefficient (Wildman–Crippen LogP) is 2.25. The quantitative estimate of drug-likeness (QED) is 0.857. The second kappa shape index (κ2) is 8.06. The van der Waals surface area contributed by atoms with Gasteiger partial charge in [0.25, 0.3) is 0 Å². The Morgan fingerprint density at radius 1 is 1.15 bits per heavy atom. The van der Waals surface area contributed by atoms with Crippen molar-refractivity contribution < 1.29 is 24.1 Å². The van der Waals surface area contributed by atoms with Crippen LogP contribution in [0.25, 0.3) is 0 Å². The Hall–Kier alpha value is -1.44. The molecule has 2 heterocycles. The molecule has 1 aliphatic carbocycles. The third kappa shape index (κ3) is 3.66. The molecule has 6 nitrogen and oxygen atoms in total. The van der Waals surface area contributed by atoms with Crippen molar-refractivity contribution in [3.8, 4) is 0 Å². The van der Waals surface area contributed by atoms with Crippen LogP contribution in [0.15, 0.2) is 42.1 Å². The highest BCUT2D eigenvalue weighted by atomic mass is 16.7. The third-order valence-corrected chi connectivity index (χ3v) is 5.31. The lowest BCUT2D eigenvalue weighted by atomic mass is 9.94. The molecule has 26 heavy (non-hydrogen) atoms. The molecule has 1 aromatic rings. The number of methoxy groups -OCH3 is 1. The summed E-state index contributed by atoms with van der Waals surface area (Å²) in [6.45, 7) is 0.358. The average Bonchev–Trinajstić information content (AvgIpc) is 2.71. The minimum Gasteiger partial charge on any atom is -0.388 e. The van der Waals surface area contributed by atoms with Gasteiger partial charge in [0.1, 0.15) is 24.4 Å². The Bertz CT molecular complexity index is 622. The molecule has 4 rings (SSSR count). The van der Waals surface area contributed by atoms with Gasteiger partial charge in [-0.2, -0.15) is 0 Å². The van der Waals surface area contributed by atoms with E-state index in [-0.39, 0.29) is 12.1 Å². The molecular weight excluding hydrogens is 334 g/mol. The lowest BCUT2D eigenvalue weighted by Crippen LogP contribution is -2.65. The molecular formula is C20H27NO5. The summed E-state index contributed by atoms with van der Waals surface area (Å²) in [4.78, 5) is 0. The molecule has 6 heteroatoms. The standard InChI is InChI=1S/C20H27NO5/c1-23-20-16(21-14-10-6-3-7-11-14)17(22)18-15(25-20)12-24-19(26-18)13-8-4-2-5-9-13/h2,4-5,8-10,15-22H,3,6-7,11-12H2,1H3/t15-,16-,17-,18-,19?,20+/m1/s1. The number of fused-ring (bicyclic) bond motifs is 1. The lowest BCUT2D eigenvalue weighted by Gasteiger charge is -2.48. The fourth-order valence-corrected chi connectivity index (χ4v) is 3.91. The maximum Gasteiger partial charge on any atom is 0.184 e. The lowest BCUT2D eigenvalue weighted by molar-refractivity contribution is -0.341. The Kier molecular flexibility index (Phi) is 5.57. The van der Waals surface area contributed by atoms with Crippen molar-refractivity contribution in [2.24, 2.45) is 0 Å². The van der Waals surface area contributed by atoms with Gasteiger partial charge in [-0.3, -0.25) is 0 Å². The van der Waals surface area contributed by atoms with Gasteiger partial charge in [-0.05, 0) is 25.7 Å². The number of hydrogen-bond donors (Lipinski definition) is 2. The van der Waals surface area contributed by atoms with Gasteiger partial charge in [-0.25, -0.2) is 0 Å². The highest BCUT2D eigenvalue weighted by Crippen LogP contribution is 2.34. The molecule has 0 amide bonds. The minimum absolute atomic E-state index is 0.353. The zero-order valence-corrected chi connectivity index (χ0v) is 15.0. The maximum absolute atomic E-state index is 11.0. The molecule has 3 aliphatic rings. The molecule has 6 atom stereocenters. The predicted molar refractivity (Wildman–Crippen MR) is 95.2 cm³/mol. The summed E-state index contributed by atoms with van der Waals surface area (Å²) in [6.07, 6.45) is 4.01. The zero-order valence-electron chi connectivity index (χ0n) is 15.0. The highest BCUT2D eigenvalue weighted by molar-refractivity contribution is 5.17. The molecule has 0 bridgehead atoms. The van der Waals surface area contributed by atoms with E-state index in [0.29, 0.717) is 6.61 Å². The van der Waals surface area contributed by atoms with E-state index in [1.807, 2.05) is 30.3 Å². The van der Waals surface area contributed by atoms with E-state index in [0.717, 1.165) is 30.5 Å². The Labute approximate surface area is 154 Å². The van der Waals surface area contributed by atoms with Gasteiger partial charge in [-0.1, -0.05) is 36.4 Å². The molecule has 0 aromatic heterocycles. The SMILES string of the molecule is CO[C@H]1O[C@@H]2COC(c3ccccc3)O[C@H]2[C@H](O)[C@H]1NC1=CCCCC1. The van der Waals surface area contributed by atoms with E-state index in [1.54, 1.807) is 7.11 Å². The summed E-state index contributed by atoms with van der Waals surface area (Å²) in [5, 5.41) is 14.5. The molecule has 2 fully saturated rings. The molecule has 2 N–H and O–H groups in total. The summed E-state index contributed by atoms with van der Waals surface area (Å²) < 4.78 is 23.4. The van der Waals surface area contributed by atoms with Gasteiger partial charge in [0.05, 0.1) is 6.61 Å². The molecule has 0 saturated carbocycles. The van der Waals surface area contributed by atoms with Crippen LogP contribution in [0.2, 0.25) is 0 Å². The number of allylic oxidation sites excluding steroid dienone is 2. The van der Waals surface area contributed by atoms with Crippen molar-refractivity contribution >= 4 is 0 Å². The number of rotatable bonds is 4. The number of nitrogens with one attached hydrogen (secondary N) is 1. The van der Waals surface area contributed by atoms with Crippen molar-refractivity contribution in [3.63, 3.8) is 0 Å². The molecule has 0 radical (unpaired) electrons. The fourth-order valence-electron chi connectivity index (χ4n) is 3.91. The van der Waals surface area contributed by atoms with Gasteiger partial charge in [0.15, 0.2) is 12.6 Å². The second-order valence-electron chi connectivity index (χ2n) is 7.09. The fraction of sp³-hybridized carbons (Fsp3) is 0.600. The van der Waals surface area contributed by atoms with Crippen molar-refractivity contribution in [2.45, 2.75) is 62.6 Å². The molecule has 2 aliphatic heterocycles. The van der Waals surface area contributed by atoms with Crippen molar-refractivity contribution in [1.82, 2.24) is 5.32 Å². The first-order chi connectivity index (χ1) is 12.8. The van der Waals surface area contributed by atoms with Crippen molar-refractivity contribution in [2.75, 3.05) is 13.7 Å². The minimum atomic E-state index is -0.753. The van der Waals surface area contributed by atoms with Gasteiger partial charge in [0.2, 0.25) is 0 Å².